The number of nitrogens with one attached hydrogen (secondary N) is 1. The van der Waals surface area contributed by atoms with Gasteiger partial charge in [-0.2, -0.15) is 0 Å². The Morgan fingerprint density at radius 1 is 1.25 bits per heavy atom. The molecule has 0 bridgehead atoms. The maximum atomic E-state index is 12.0. The Bertz CT molecular complexity index is 620. The summed E-state index contributed by atoms with van der Waals surface area (Å²) >= 11 is 0. The van der Waals surface area contributed by atoms with E-state index >= 15 is 0 Å². The number of benzene rings is 1. The van der Waals surface area contributed by atoms with Crippen LogP contribution in [0.2, 0.25) is 0 Å². The Labute approximate surface area is 116 Å². The fourth-order valence-electron chi connectivity index (χ4n) is 1.23. The highest BCUT2D eigenvalue weighted by atomic mass is 32.2. The van der Waals surface area contributed by atoms with Crippen LogP contribution in [0, 0.1) is 5.41 Å². The monoisotopic (exact) mass is 300 g/mol. The van der Waals surface area contributed by atoms with Crippen molar-refractivity contribution in [1.82, 2.24) is 4.72 Å². The molecule has 1 rings (SSSR count). The quantitative estimate of drug-likeness (QED) is 0.690. The molecule has 0 aromatic heterocycles. The lowest BCUT2D eigenvalue weighted by molar-refractivity contribution is -0.146. The summed E-state index contributed by atoms with van der Waals surface area (Å²) in [6.07, 6.45) is 0. The van der Waals surface area contributed by atoms with E-state index in [2.05, 4.69) is 4.72 Å². The molecule has 0 saturated carbocycles. The van der Waals surface area contributed by atoms with Crippen LogP contribution in [0.25, 0.3) is 0 Å². The number of carbonyl (C=O) groups is 2. The van der Waals surface area contributed by atoms with Gasteiger partial charge in [0.05, 0.1) is 10.3 Å². The average molecular weight is 300 g/mol. The lowest BCUT2D eigenvalue weighted by atomic mass is 9.95. The van der Waals surface area contributed by atoms with Crippen molar-refractivity contribution in [2.75, 3.05) is 6.54 Å². The third kappa shape index (κ3) is 3.78. The molecule has 0 radical (unpaired) electrons. The SMILES string of the molecule is CC(C)(CNS(=O)(=O)c1ccc(C(N)=O)cc1)C(=O)O. The van der Waals surface area contributed by atoms with Gasteiger partial charge in [0.1, 0.15) is 0 Å². The summed E-state index contributed by atoms with van der Waals surface area (Å²) < 4.78 is 26.1. The molecular weight excluding hydrogens is 284 g/mol. The number of aliphatic carboxylic acids is 1. The zero-order valence-electron chi connectivity index (χ0n) is 11.1. The van der Waals surface area contributed by atoms with Crippen molar-refractivity contribution in [2.45, 2.75) is 18.7 Å². The number of sulfonamides is 1. The van der Waals surface area contributed by atoms with Crippen molar-refractivity contribution in [1.29, 1.82) is 0 Å². The van der Waals surface area contributed by atoms with E-state index in [1.165, 1.54) is 38.1 Å². The largest absolute Gasteiger partial charge is 0.481 e. The molecule has 0 unspecified atom stereocenters. The molecule has 4 N–H and O–H groups in total. The average Bonchev–Trinajstić information content (AvgIpc) is 2.36. The number of carboxylic acid groups (broad SMARTS) is 1. The summed E-state index contributed by atoms with van der Waals surface area (Å²) in [7, 11) is -3.83. The molecule has 1 aromatic carbocycles. The van der Waals surface area contributed by atoms with Crippen LogP contribution in [0.3, 0.4) is 0 Å². The minimum absolute atomic E-state index is 0.0660. The maximum absolute atomic E-state index is 12.0. The Morgan fingerprint density at radius 3 is 2.15 bits per heavy atom. The topological polar surface area (TPSA) is 127 Å². The first-order valence-corrected chi connectivity index (χ1v) is 7.17. The summed E-state index contributed by atoms with van der Waals surface area (Å²) in [6.45, 7) is 2.57. The Hall–Kier alpha value is -1.93. The third-order valence-electron chi connectivity index (χ3n) is 2.73. The molecule has 0 heterocycles. The van der Waals surface area contributed by atoms with Crippen LogP contribution in [0.4, 0.5) is 0 Å². The van der Waals surface area contributed by atoms with Gasteiger partial charge < -0.3 is 10.8 Å². The Morgan fingerprint density at radius 2 is 1.75 bits per heavy atom. The van der Waals surface area contributed by atoms with Crippen LogP contribution in [0.15, 0.2) is 29.2 Å². The third-order valence-corrected chi connectivity index (χ3v) is 4.15. The summed E-state index contributed by atoms with van der Waals surface area (Å²) in [6, 6.07) is 5.05. The van der Waals surface area contributed by atoms with Crippen LogP contribution < -0.4 is 10.5 Å². The molecule has 0 aliphatic heterocycles. The normalized spacial score (nSPS) is 12.1. The van der Waals surface area contributed by atoms with Gasteiger partial charge in [-0.15, -0.1) is 0 Å². The fourth-order valence-corrected chi connectivity index (χ4v) is 2.44. The molecule has 20 heavy (non-hydrogen) atoms. The highest BCUT2D eigenvalue weighted by Crippen LogP contribution is 2.16. The summed E-state index contributed by atoms with van der Waals surface area (Å²) in [5, 5.41) is 8.92. The summed E-state index contributed by atoms with van der Waals surface area (Å²) in [5.74, 6) is -1.77. The number of hydrogen-bond donors (Lipinski definition) is 3. The fraction of sp³-hybridized carbons (Fsp3) is 0.333. The second kappa shape index (κ2) is 5.59. The van der Waals surface area contributed by atoms with Crippen molar-refractivity contribution in [3.05, 3.63) is 29.8 Å². The van der Waals surface area contributed by atoms with Gasteiger partial charge in [-0.25, -0.2) is 13.1 Å². The van der Waals surface area contributed by atoms with E-state index in [0.717, 1.165) is 0 Å². The van der Waals surface area contributed by atoms with Crippen molar-refractivity contribution < 1.29 is 23.1 Å². The minimum Gasteiger partial charge on any atom is -0.481 e. The van der Waals surface area contributed by atoms with Crippen LogP contribution in [0.1, 0.15) is 24.2 Å². The predicted molar refractivity (Wildman–Crippen MR) is 71.6 cm³/mol. The van der Waals surface area contributed by atoms with Gasteiger partial charge in [-0.3, -0.25) is 9.59 Å². The first-order chi connectivity index (χ1) is 9.06. The van der Waals surface area contributed by atoms with Crippen LogP contribution in [0.5, 0.6) is 0 Å². The first-order valence-electron chi connectivity index (χ1n) is 5.69. The smallest absolute Gasteiger partial charge is 0.310 e. The molecule has 0 aliphatic rings. The number of amides is 1. The van der Waals surface area contributed by atoms with E-state index in [1.54, 1.807) is 0 Å². The lowest BCUT2D eigenvalue weighted by Gasteiger charge is -2.19. The molecule has 0 atom stereocenters. The second-order valence-electron chi connectivity index (χ2n) is 4.90. The number of hydrogen-bond acceptors (Lipinski definition) is 4. The van der Waals surface area contributed by atoms with Crippen molar-refractivity contribution in [3.63, 3.8) is 0 Å². The van der Waals surface area contributed by atoms with Gasteiger partial charge in [0.2, 0.25) is 15.9 Å². The van der Waals surface area contributed by atoms with Gasteiger partial charge in [0.25, 0.3) is 0 Å². The maximum Gasteiger partial charge on any atom is 0.310 e. The molecule has 0 spiro atoms. The molecule has 110 valence electrons. The zero-order valence-corrected chi connectivity index (χ0v) is 11.9. The molecule has 0 fully saturated rings. The van der Waals surface area contributed by atoms with Crippen molar-refractivity contribution in [3.8, 4) is 0 Å². The van der Waals surface area contributed by atoms with Gasteiger partial charge in [0, 0.05) is 12.1 Å². The number of primary amides is 1. The zero-order chi connectivity index (χ0) is 15.6. The van der Waals surface area contributed by atoms with E-state index in [1.807, 2.05) is 0 Å². The van der Waals surface area contributed by atoms with E-state index in [0.29, 0.717) is 0 Å². The lowest BCUT2D eigenvalue weighted by Crippen LogP contribution is -2.38. The number of carbonyl (C=O) groups excluding carboxylic acids is 1. The second-order valence-corrected chi connectivity index (χ2v) is 6.67. The molecular formula is C12H16N2O5S. The first kappa shape index (κ1) is 16.1. The van der Waals surface area contributed by atoms with Gasteiger partial charge >= 0.3 is 5.97 Å². The van der Waals surface area contributed by atoms with E-state index in [-0.39, 0.29) is 17.0 Å². The molecule has 0 aliphatic carbocycles. The Kier molecular flexibility index (Phi) is 4.51. The highest BCUT2D eigenvalue weighted by Gasteiger charge is 2.29. The number of rotatable bonds is 6. The molecule has 1 aromatic rings. The van der Waals surface area contributed by atoms with Crippen molar-refractivity contribution in [2.24, 2.45) is 11.1 Å². The summed E-state index contributed by atoms with van der Waals surface area (Å²) in [4.78, 5) is 21.7. The number of carboxylic acids is 1. The molecule has 7 nitrogen and oxygen atoms in total. The van der Waals surface area contributed by atoms with E-state index in [9.17, 15) is 18.0 Å². The summed E-state index contributed by atoms with van der Waals surface area (Å²) in [5.41, 5.74) is 4.02. The van der Waals surface area contributed by atoms with E-state index < -0.39 is 27.3 Å². The Balaban J connectivity index is 2.89. The van der Waals surface area contributed by atoms with Gasteiger partial charge in [0.15, 0.2) is 0 Å². The minimum atomic E-state index is -3.83. The molecule has 1 amide bonds. The highest BCUT2D eigenvalue weighted by molar-refractivity contribution is 7.89. The van der Waals surface area contributed by atoms with Crippen LogP contribution in [-0.2, 0) is 14.8 Å². The van der Waals surface area contributed by atoms with Gasteiger partial charge in [-0.05, 0) is 38.1 Å². The van der Waals surface area contributed by atoms with Crippen LogP contribution in [-0.4, -0.2) is 31.9 Å². The standard InChI is InChI=1S/C12H16N2O5S/c1-12(2,11(16)17)7-14-20(18,19)9-5-3-8(4-6-9)10(13)15/h3-6,14H,7H2,1-2H3,(H2,13,15)(H,16,17). The predicted octanol–water partition coefficient (Wildman–Crippen LogP) is 0.175. The number of nitrogens with two attached hydrogens (primary N) is 1. The molecule has 8 heteroatoms. The van der Waals surface area contributed by atoms with E-state index in [4.69, 9.17) is 10.8 Å². The molecule has 0 saturated heterocycles. The van der Waals surface area contributed by atoms with Crippen molar-refractivity contribution >= 4 is 21.9 Å². The van der Waals surface area contributed by atoms with Gasteiger partial charge in [-0.1, -0.05) is 0 Å². The van der Waals surface area contributed by atoms with Crippen LogP contribution >= 0.6 is 0 Å².